The van der Waals surface area contributed by atoms with Crippen LogP contribution in [0.2, 0.25) is 0 Å². The smallest absolute Gasteiger partial charge is 0.416 e. The zero-order valence-corrected chi connectivity index (χ0v) is 26.2. The van der Waals surface area contributed by atoms with Gasteiger partial charge in [0.1, 0.15) is 5.82 Å². The van der Waals surface area contributed by atoms with Crippen LogP contribution in [0, 0.1) is 11.7 Å². The van der Waals surface area contributed by atoms with Crippen molar-refractivity contribution >= 4 is 16.0 Å². The van der Waals surface area contributed by atoms with E-state index < -0.39 is 51.0 Å². The largest absolute Gasteiger partial charge is 0.481 e. The van der Waals surface area contributed by atoms with Crippen molar-refractivity contribution in [2.75, 3.05) is 20.1 Å². The standard InChI is InChI=1S/C33H38F4N2O5S/c1-32(2,18-21-12-22-6-4-5-7-23(22)13-21)38-19-28(40)20-39(3)45(43,44)29-16-26(15-27(17-29)33(35,36)37)24-8-10-30(34)25(14-24)9-11-31(41)42/h4-8,10,14-17,21,28,38,40H,9,11-13,18-20H2,1-3H3,(H,41,42)/t28-/m0/s1. The van der Waals surface area contributed by atoms with Gasteiger partial charge in [0.15, 0.2) is 0 Å². The van der Waals surface area contributed by atoms with Crippen molar-refractivity contribution in [1.82, 2.24) is 9.62 Å². The SMILES string of the molecule is CN(C[C@@H](O)CNC(C)(C)CC1Cc2ccccc2C1)S(=O)(=O)c1cc(-c2ccc(F)c(CCC(=O)O)c2)cc(C(F)(F)F)c1. The number of rotatable bonds is 13. The summed E-state index contributed by atoms with van der Waals surface area (Å²) in [5.41, 5.74) is 1.03. The highest BCUT2D eigenvalue weighted by molar-refractivity contribution is 7.89. The van der Waals surface area contributed by atoms with Crippen molar-refractivity contribution in [2.45, 2.75) is 68.7 Å². The second-order valence-corrected chi connectivity index (χ2v) is 14.4. The number of likely N-dealkylation sites (N-methyl/N-ethyl adjacent to an activating group) is 1. The summed E-state index contributed by atoms with van der Waals surface area (Å²) in [4.78, 5) is 10.3. The molecule has 45 heavy (non-hydrogen) atoms. The topological polar surface area (TPSA) is 107 Å². The van der Waals surface area contributed by atoms with Crippen molar-refractivity contribution in [3.8, 4) is 11.1 Å². The molecule has 0 unspecified atom stereocenters. The highest BCUT2D eigenvalue weighted by atomic mass is 32.2. The molecule has 0 spiro atoms. The number of aliphatic hydroxyl groups is 1. The molecular formula is C33H38F4N2O5S. The van der Waals surface area contributed by atoms with E-state index in [4.69, 9.17) is 5.11 Å². The summed E-state index contributed by atoms with van der Waals surface area (Å²) in [6.45, 7) is 3.71. The lowest BCUT2D eigenvalue weighted by atomic mass is 9.88. The number of nitrogens with zero attached hydrogens (tertiary/aromatic N) is 1. The summed E-state index contributed by atoms with van der Waals surface area (Å²) in [7, 11) is -3.31. The lowest BCUT2D eigenvalue weighted by molar-refractivity contribution is -0.138. The van der Waals surface area contributed by atoms with Gasteiger partial charge in [-0.25, -0.2) is 12.8 Å². The fourth-order valence-corrected chi connectivity index (χ4v) is 7.17. The predicted octanol–water partition coefficient (Wildman–Crippen LogP) is 5.68. The molecule has 7 nitrogen and oxygen atoms in total. The number of alkyl halides is 3. The second-order valence-electron chi connectivity index (χ2n) is 12.4. The molecule has 12 heteroatoms. The van der Waals surface area contributed by atoms with Crippen LogP contribution in [0.4, 0.5) is 17.6 Å². The number of β-amino-alcohol motifs (C(OH)–C–C–N with tert-alkyl or cyclic N) is 1. The Morgan fingerprint density at radius 1 is 1.02 bits per heavy atom. The summed E-state index contributed by atoms with van der Waals surface area (Å²) < 4.78 is 83.6. The van der Waals surface area contributed by atoms with Crippen LogP contribution in [-0.4, -0.2) is 60.7 Å². The Morgan fingerprint density at radius 2 is 1.67 bits per heavy atom. The molecule has 3 N–H and O–H groups in total. The number of halogens is 4. The number of fused-ring (bicyclic) bond motifs is 1. The first kappa shape index (κ1) is 34.6. The third-order valence-corrected chi connectivity index (χ3v) is 9.95. The average Bonchev–Trinajstić information content (AvgIpc) is 3.36. The quantitative estimate of drug-likeness (QED) is 0.206. The maximum absolute atomic E-state index is 14.3. The van der Waals surface area contributed by atoms with Gasteiger partial charge in [0.05, 0.1) is 16.6 Å². The zero-order valence-electron chi connectivity index (χ0n) is 25.4. The van der Waals surface area contributed by atoms with E-state index in [1.54, 1.807) is 0 Å². The number of aryl methyl sites for hydroxylation is 1. The van der Waals surface area contributed by atoms with Gasteiger partial charge in [-0.05, 0) is 104 Å². The van der Waals surface area contributed by atoms with Crippen LogP contribution in [0.3, 0.4) is 0 Å². The minimum atomic E-state index is -4.89. The lowest BCUT2D eigenvalue weighted by Gasteiger charge is -2.31. The van der Waals surface area contributed by atoms with Gasteiger partial charge in [-0.1, -0.05) is 30.3 Å². The van der Waals surface area contributed by atoms with Gasteiger partial charge in [-0.3, -0.25) is 4.79 Å². The fourth-order valence-electron chi connectivity index (χ4n) is 5.89. The van der Waals surface area contributed by atoms with Gasteiger partial charge in [0.2, 0.25) is 10.0 Å². The Morgan fingerprint density at radius 3 is 2.27 bits per heavy atom. The molecule has 0 radical (unpaired) electrons. The number of nitrogens with one attached hydrogen (secondary N) is 1. The molecule has 1 aliphatic carbocycles. The van der Waals surface area contributed by atoms with Crippen LogP contribution in [0.15, 0.2) is 65.6 Å². The Hall–Kier alpha value is -3.32. The number of sulfonamides is 1. The van der Waals surface area contributed by atoms with Gasteiger partial charge in [0, 0.05) is 32.1 Å². The molecular weight excluding hydrogens is 612 g/mol. The van der Waals surface area contributed by atoms with E-state index in [-0.39, 0.29) is 41.7 Å². The third kappa shape index (κ3) is 8.90. The first-order valence-corrected chi connectivity index (χ1v) is 16.1. The van der Waals surface area contributed by atoms with Crippen LogP contribution in [0.25, 0.3) is 11.1 Å². The molecule has 0 saturated carbocycles. The molecule has 0 bridgehead atoms. The van der Waals surface area contributed by atoms with E-state index in [2.05, 4.69) is 17.4 Å². The van der Waals surface area contributed by atoms with E-state index in [9.17, 15) is 35.9 Å². The summed E-state index contributed by atoms with van der Waals surface area (Å²) in [6.07, 6.45) is -3.87. The Bertz CT molecular complexity index is 1620. The van der Waals surface area contributed by atoms with Crippen LogP contribution >= 0.6 is 0 Å². The normalized spacial score (nSPS) is 15.0. The van der Waals surface area contributed by atoms with Gasteiger partial charge in [-0.15, -0.1) is 0 Å². The van der Waals surface area contributed by atoms with Gasteiger partial charge in [0.25, 0.3) is 0 Å². The second kappa shape index (κ2) is 13.6. The lowest BCUT2D eigenvalue weighted by Crippen LogP contribution is -2.47. The van der Waals surface area contributed by atoms with E-state index in [0.29, 0.717) is 12.0 Å². The molecule has 1 aliphatic rings. The fraction of sp³-hybridized carbons (Fsp3) is 0.424. The monoisotopic (exact) mass is 650 g/mol. The van der Waals surface area contributed by atoms with E-state index in [1.165, 1.54) is 30.3 Å². The molecule has 0 heterocycles. The van der Waals surface area contributed by atoms with Crippen molar-refractivity contribution in [3.05, 3.63) is 88.7 Å². The number of carboxylic acids is 1. The highest BCUT2D eigenvalue weighted by Crippen LogP contribution is 2.36. The average molecular weight is 651 g/mol. The van der Waals surface area contributed by atoms with Crippen molar-refractivity contribution < 1.29 is 41.0 Å². The predicted molar refractivity (Wildman–Crippen MR) is 163 cm³/mol. The molecule has 3 aromatic rings. The summed E-state index contributed by atoms with van der Waals surface area (Å²) >= 11 is 0. The number of hydrogen-bond donors (Lipinski definition) is 3. The number of aliphatic hydroxyl groups excluding tert-OH is 1. The van der Waals surface area contributed by atoms with Crippen LogP contribution in [-0.2, 0) is 40.3 Å². The first-order valence-electron chi connectivity index (χ1n) is 14.6. The summed E-state index contributed by atoms with van der Waals surface area (Å²) in [6, 6.07) is 14.1. The van der Waals surface area contributed by atoms with Crippen molar-refractivity contribution in [3.63, 3.8) is 0 Å². The first-order chi connectivity index (χ1) is 20.9. The van der Waals surface area contributed by atoms with E-state index >= 15 is 0 Å². The molecule has 0 amide bonds. The maximum Gasteiger partial charge on any atom is 0.416 e. The number of aliphatic carboxylic acids is 1. The molecule has 0 aliphatic heterocycles. The molecule has 244 valence electrons. The van der Waals surface area contributed by atoms with Gasteiger partial charge >= 0.3 is 12.1 Å². The zero-order chi connectivity index (χ0) is 33.2. The number of carbonyl (C=O) groups is 1. The number of benzene rings is 3. The third-order valence-electron chi connectivity index (χ3n) is 8.15. The minimum absolute atomic E-state index is 0.0233. The van der Waals surface area contributed by atoms with Crippen LogP contribution < -0.4 is 5.32 Å². The summed E-state index contributed by atoms with van der Waals surface area (Å²) in [5.74, 6) is -1.47. The molecule has 3 aromatic carbocycles. The van der Waals surface area contributed by atoms with Gasteiger partial charge < -0.3 is 15.5 Å². The Labute approximate surface area is 260 Å². The maximum atomic E-state index is 14.3. The van der Waals surface area contributed by atoms with E-state index in [1.807, 2.05) is 26.0 Å². The van der Waals surface area contributed by atoms with E-state index in [0.717, 1.165) is 41.8 Å². The molecule has 1 atom stereocenters. The van der Waals surface area contributed by atoms with Gasteiger partial charge in [-0.2, -0.15) is 17.5 Å². The van der Waals surface area contributed by atoms with Crippen LogP contribution in [0.5, 0.6) is 0 Å². The molecule has 4 rings (SSSR count). The minimum Gasteiger partial charge on any atom is -0.481 e. The Kier molecular flexibility index (Phi) is 10.4. The van der Waals surface area contributed by atoms with Crippen molar-refractivity contribution in [2.24, 2.45) is 5.92 Å². The van der Waals surface area contributed by atoms with Crippen LogP contribution in [0.1, 0.15) is 48.9 Å². The molecule has 0 aromatic heterocycles. The summed E-state index contributed by atoms with van der Waals surface area (Å²) in [5, 5.41) is 23.0. The molecule has 0 fully saturated rings. The molecule has 0 saturated heterocycles. The number of hydrogen-bond acceptors (Lipinski definition) is 5. The highest BCUT2D eigenvalue weighted by Gasteiger charge is 2.34. The Balaban J connectivity index is 1.47. The number of carboxylic acid groups (broad SMARTS) is 1. The van der Waals surface area contributed by atoms with Crippen molar-refractivity contribution in [1.29, 1.82) is 0 Å².